The van der Waals surface area contributed by atoms with Gasteiger partial charge in [-0.15, -0.1) is 0 Å². The number of aryl methyl sites for hydroxylation is 2. The molecule has 4 heteroatoms. The van der Waals surface area contributed by atoms with Crippen molar-refractivity contribution in [3.8, 4) is 0 Å². The van der Waals surface area contributed by atoms with Gasteiger partial charge < -0.3 is 5.32 Å². The lowest BCUT2D eigenvalue weighted by molar-refractivity contribution is 0.102. The summed E-state index contributed by atoms with van der Waals surface area (Å²) < 4.78 is 0. The normalized spacial score (nSPS) is 10.6. The number of hydrogen-bond acceptors (Lipinski definition) is 3. The second kappa shape index (κ2) is 5.32. The van der Waals surface area contributed by atoms with Gasteiger partial charge in [0, 0.05) is 18.1 Å². The fraction of sp³-hybridized carbons (Fsp3) is 0.118. The molecule has 2 aromatic carbocycles. The summed E-state index contributed by atoms with van der Waals surface area (Å²) in [7, 11) is 0. The van der Waals surface area contributed by atoms with Crippen molar-refractivity contribution in [2.24, 2.45) is 0 Å². The number of aromatic nitrogens is 2. The third kappa shape index (κ3) is 2.74. The van der Waals surface area contributed by atoms with Crippen molar-refractivity contribution >= 4 is 22.6 Å². The zero-order valence-electron chi connectivity index (χ0n) is 11.9. The van der Waals surface area contributed by atoms with Crippen molar-refractivity contribution in [2.45, 2.75) is 13.8 Å². The van der Waals surface area contributed by atoms with Crippen LogP contribution in [0, 0.1) is 13.8 Å². The van der Waals surface area contributed by atoms with E-state index in [2.05, 4.69) is 21.4 Å². The number of carbonyl (C=O) groups excluding carboxylic acids is 1. The van der Waals surface area contributed by atoms with Crippen molar-refractivity contribution < 1.29 is 4.79 Å². The SMILES string of the molecule is Cc1cc(C)cc(NC(=O)c2cccc3nccnc23)c1. The Morgan fingerprint density at radius 3 is 2.48 bits per heavy atom. The molecule has 0 aliphatic rings. The Bertz CT molecular complexity index is 802. The van der Waals surface area contributed by atoms with Gasteiger partial charge in [0.1, 0.15) is 5.52 Å². The molecule has 0 atom stereocenters. The predicted molar refractivity (Wildman–Crippen MR) is 83.4 cm³/mol. The van der Waals surface area contributed by atoms with Gasteiger partial charge in [0.2, 0.25) is 0 Å². The standard InChI is InChI=1S/C17H15N3O/c1-11-8-12(2)10-13(9-11)20-17(21)14-4-3-5-15-16(14)19-7-6-18-15/h3-10H,1-2H3,(H,20,21). The van der Waals surface area contributed by atoms with Crippen LogP contribution >= 0.6 is 0 Å². The summed E-state index contributed by atoms with van der Waals surface area (Å²) in [6.45, 7) is 4.01. The van der Waals surface area contributed by atoms with Gasteiger partial charge in [-0.25, -0.2) is 0 Å². The third-order valence-corrected chi connectivity index (χ3v) is 3.22. The Morgan fingerprint density at radius 1 is 1.00 bits per heavy atom. The minimum absolute atomic E-state index is 0.175. The van der Waals surface area contributed by atoms with Crippen LogP contribution < -0.4 is 5.32 Å². The van der Waals surface area contributed by atoms with Crippen LogP contribution in [0.4, 0.5) is 5.69 Å². The van der Waals surface area contributed by atoms with Gasteiger partial charge in [0.05, 0.1) is 11.1 Å². The molecule has 0 fully saturated rings. The molecule has 0 spiro atoms. The van der Waals surface area contributed by atoms with E-state index < -0.39 is 0 Å². The Kier molecular flexibility index (Phi) is 3.36. The number of amides is 1. The van der Waals surface area contributed by atoms with Gasteiger partial charge in [-0.2, -0.15) is 0 Å². The average Bonchev–Trinajstić information content (AvgIpc) is 2.45. The lowest BCUT2D eigenvalue weighted by atomic mass is 10.1. The Labute approximate surface area is 122 Å². The highest BCUT2D eigenvalue weighted by Gasteiger charge is 2.11. The molecule has 0 unspecified atom stereocenters. The van der Waals surface area contributed by atoms with Crippen LogP contribution in [-0.4, -0.2) is 15.9 Å². The van der Waals surface area contributed by atoms with E-state index in [4.69, 9.17) is 0 Å². The van der Waals surface area contributed by atoms with E-state index in [9.17, 15) is 4.79 Å². The molecule has 3 aromatic rings. The van der Waals surface area contributed by atoms with Gasteiger partial charge in [-0.05, 0) is 49.2 Å². The molecule has 104 valence electrons. The second-order valence-electron chi connectivity index (χ2n) is 5.06. The summed E-state index contributed by atoms with van der Waals surface area (Å²) in [6, 6.07) is 11.4. The highest BCUT2D eigenvalue weighted by atomic mass is 16.1. The van der Waals surface area contributed by atoms with Crippen molar-refractivity contribution in [1.29, 1.82) is 0 Å². The molecule has 0 radical (unpaired) electrons. The highest BCUT2D eigenvalue weighted by molar-refractivity contribution is 6.11. The van der Waals surface area contributed by atoms with Crippen LogP contribution in [0.2, 0.25) is 0 Å². The Morgan fingerprint density at radius 2 is 1.71 bits per heavy atom. The van der Waals surface area contributed by atoms with Gasteiger partial charge in [-0.1, -0.05) is 12.1 Å². The van der Waals surface area contributed by atoms with E-state index >= 15 is 0 Å². The van der Waals surface area contributed by atoms with Crippen LogP contribution in [0.15, 0.2) is 48.8 Å². The van der Waals surface area contributed by atoms with Crippen molar-refractivity contribution in [3.63, 3.8) is 0 Å². The number of carbonyl (C=O) groups is 1. The molecule has 1 amide bonds. The average molecular weight is 277 g/mol. The number of para-hydroxylation sites is 1. The van der Waals surface area contributed by atoms with Crippen LogP contribution in [0.5, 0.6) is 0 Å². The Balaban J connectivity index is 1.97. The predicted octanol–water partition coefficient (Wildman–Crippen LogP) is 3.50. The molecule has 1 aromatic heterocycles. The third-order valence-electron chi connectivity index (χ3n) is 3.22. The van der Waals surface area contributed by atoms with Crippen molar-refractivity contribution in [1.82, 2.24) is 9.97 Å². The second-order valence-corrected chi connectivity index (χ2v) is 5.06. The number of benzene rings is 2. The zero-order chi connectivity index (χ0) is 14.8. The molecule has 0 bridgehead atoms. The first-order valence-corrected chi connectivity index (χ1v) is 6.73. The summed E-state index contributed by atoms with van der Waals surface area (Å²) in [6.07, 6.45) is 3.21. The smallest absolute Gasteiger partial charge is 0.257 e. The summed E-state index contributed by atoms with van der Waals surface area (Å²) in [4.78, 5) is 20.9. The van der Waals surface area contributed by atoms with Crippen LogP contribution in [0.25, 0.3) is 11.0 Å². The maximum absolute atomic E-state index is 12.5. The molecule has 1 N–H and O–H groups in total. The Hall–Kier alpha value is -2.75. The minimum atomic E-state index is -0.175. The first-order valence-electron chi connectivity index (χ1n) is 6.73. The van der Waals surface area contributed by atoms with Crippen molar-refractivity contribution in [2.75, 3.05) is 5.32 Å². The number of rotatable bonds is 2. The number of nitrogens with one attached hydrogen (secondary N) is 1. The molecule has 21 heavy (non-hydrogen) atoms. The van der Waals surface area contributed by atoms with E-state index in [0.717, 1.165) is 16.8 Å². The van der Waals surface area contributed by atoms with Gasteiger partial charge in [0.25, 0.3) is 5.91 Å². The fourth-order valence-corrected chi connectivity index (χ4v) is 2.42. The van der Waals surface area contributed by atoms with Crippen LogP contribution in [0.1, 0.15) is 21.5 Å². The first-order chi connectivity index (χ1) is 10.1. The summed E-state index contributed by atoms with van der Waals surface area (Å²) in [5.41, 5.74) is 4.87. The van der Waals surface area contributed by atoms with Crippen LogP contribution in [0.3, 0.4) is 0 Å². The molecule has 4 nitrogen and oxygen atoms in total. The first kappa shape index (κ1) is 13.2. The monoisotopic (exact) mass is 277 g/mol. The zero-order valence-corrected chi connectivity index (χ0v) is 11.9. The summed E-state index contributed by atoms with van der Waals surface area (Å²) in [5.74, 6) is -0.175. The molecular formula is C17H15N3O. The number of fused-ring (bicyclic) bond motifs is 1. The van der Waals surface area contributed by atoms with E-state index in [1.807, 2.05) is 38.1 Å². The number of nitrogens with zero attached hydrogens (tertiary/aromatic N) is 2. The van der Waals surface area contributed by atoms with Gasteiger partial charge in [0.15, 0.2) is 0 Å². The van der Waals surface area contributed by atoms with Gasteiger partial charge >= 0.3 is 0 Å². The van der Waals surface area contributed by atoms with E-state index in [0.29, 0.717) is 16.6 Å². The maximum Gasteiger partial charge on any atom is 0.257 e. The molecular weight excluding hydrogens is 262 g/mol. The maximum atomic E-state index is 12.5. The summed E-state index contributed by atoms with van der Waals surface area (Å²) >= 11 is 0. The molecule has 0 saturated carbocycles. The quantitative estimate of drug-likeness (QED) is 0.780. The van der Waals surface area contributed by atoms with E-state index in [-0.39, 0.29) is 5.91 Å². The molecule has 3 rings (SSSR count). The lowest BCUT2D eigenvalue weighted by Gasteiger charge is -2.09. The van der Waals surface area contributed by atoms with E-state index in [1.165, 1.54) is 0 Å². The summed E-state index contributed by atoms with van der Waals surface area (Å²) in [5, 5.41) is 2.93. The molecule has 0 aliphatic carbocycles. The number of anilines is 1. The minimum Gasteiger partial charge on any atom is -0.322 e. The molecule has 0 saturated heterocycles. The molecule has 1 heterocycles. The lowest BCUT2D eigenvalue weighted by Crippen LogP contribution is -2.13. The van der Waals surface area contributed by atoms with Crippen molar-refractivity contribution in [3.05, 3.63) is 65.5 Å². The fourth-order valence-electron chi connectivity index (χ4n) is 2.42. The largest absolute Gasteiger partial charge is 0.322 e. The number of hydrogen-bond donors (Lipinski definition) is 1. The van der Waals surface area contributed by atoms with Gasteiger partial charge in [-0.3, -0.25) is 14.8 Å². The highest BCUT2D eigenvalue weighted by Crippen LogP contribution is 2.18. The van der Waals surface area contributed by atoms with E-state index in [1.54, 1.807) is 18.5 Å². The topological polar surface area (TPSA) is 54.9 Å². The van der Waals surface area contributed by atoms with Crippen LogP contribution in [-0.2, 0) is 0 Å². The molecule has 0 aliphatic heterocycles.